The smallest absolute Gasteiger partial charge is 0.260 e. The van der Waals surface area contributed by atoms with Crippen molar-refractivity contribution < 1.29 is 8.42 Å². The van der Waals surface area contributed by atoms with Crippen LogP contribution >= 0.6 is 0 Å². The highest BCUT2D eigenvalue weighted by atomic mass is 32.2. The summed E-state index contributed by atoms with van der Waals surface area (Å²) < 4.78 is 20.1. The molecule has 0 saturated heterocycles. The van der Waals surface area contributed by atoms with Gasteiger partial charge in [0, 0.05) is 11.1 Å². The highest BCUT2D eigenvalue weighted by Crippen LogP contribution is 1.97. The van der Waals surface area contributed by atoms with Gasteiger partial charge in [-0.1, -0.05) is 30.3 Å². The molecule has 1 rings (SSSR count). The van der Waals surface area contributed by atoms with Crippen LogP contribution in [0.2, 0.25) is 0 Å². The van der Waals surface area contributed by atoms with Crippen LogP contribution in [0.3, 0.4) is 0 Å². The van der Waals surface area contributed by atoms with Gasteiger partial charge in [-0.25, -0.2) is 0 Å². The van der Waals surface area contributed by atoms with E-state index in [1.165, 1.54) is 11.0 Å². The van der Waals surface area contributed by atoms with Crippen molar-refractivity contribution in [3.63, 3.8) is 0 Å². The van der Waals surface area contributed by atoms with E-state index in [9.17, 15) is 8.42 Å². The van der Waals surface area contributed by atoms with Gasteiger partial charge in [0.05, 0.1) is 0 Å². The first-order valence-corrected chi connectivity index (χ1v) is 4.50. The zero-order chi connectivity index (χ0) is 10.8. The third-order valence-corrected chi connectivity index (χ3v) is 1.43. The molecule has 0 aliphatic carbocycles. The molecule has 6 heteroatoms. The Balaban J connectivity index is 0.000000500. The van der Waals surface area contributed by atoms with Gasteiger partial charge < -0.3 is 11.1 Å². The molecule has 1 aromatic carbocycles. The number of hydrogen-bond donors (Lipinski definition) is 0. The third kappa shape index (κ3) is 6.69. The Labute approximate surface area is 82.3 Å². The second-order valence-electron chi connectivity index (χ2n) is 2.00. The van der Waals surface area contributed by atoms with Crippen molar-refractivity contribution in [3.8, 4) is 0 Å². The SMILES string of the molecule is O=S(=O)=C=Cc1ccccc1.[N-]=[N+]=[N-]. The molecule has 0 atom stereocenters. The molecule has 0 bridgehead atoms. The number of nitrogens with zero attached hydrogens (tertiary/aromatic N) is 3. The summed E-state index contributed by atoms with van der Waals surface area (Å²) in [6.45, 7) is 0. The van der Waals surface area contributed by atoms with E-state index in [0.717, 1.165) is 5.56 Å². The summed E-state index contributed by atoms with van der Waals surface area (Å²) in [7, 11) is -2.22. The molecular weight excluding hydrogens is 202 g/mol. The molecule has 0 aliphatic rings. The predicted octanol–water partition coefficient (Wildman–Crippen LogP) is 1.85. The molecule has 0 N–H and O–H groups in total. The van der Waals surface area contributed by atoms with E-state index in [2.05, 4.69) is 5.02 Å². The Morgan fingerprint density at radius 3 is 2.14 bits per heavy atom. The summed E-state index contributed by atoms with van der Waals surface area (Å²) in [5, 5.41) is 2.15. The largest absolute Gasteiger partial charge is 0.373 e. The quantitative estimate of drug-likeness (QED) is 0.305. The molecule has 1 aromatic rings. The van der Waals surface area contributed by atoms with E-state index in [-0.39, 0.29) is 0 Å². The van der Waals surface area contributed by atoms with Crippen LogP contribution in [0.1, 0.15) is 5.56 Å². The second-order valence-corrected chi connectivity index (χ2v) is 2.70. The van der Waals surface area contributed by atoms with Crippen LogP contribution < -0.4 is 0 Å². The number of rotatable bonds is 1. The van der Waals surface area contributed by atoms with Crippen molar-refractivity contribution >= 4 is 21.4 Å². The molecule has 14 heavy (non-hydrogen) atoms. The molecule has 72 valence electrons. The maximum absolute atomic E-state index is 10.0. The van der Waals surface area contributed by atoms with Crippen molar-refractivity contribution in [1.82, 2.24) is 0 Å². The lowest BCUT2D eigenvalue weighted by molar-refractivity contribution is 0.627. The summed E-state index contributed by atoms with van der Waals surface area (Å²) in [6.07, 6.45) is 1.42. The second kappa shape index (κ2) is 7.64. The van der Waals surface area contributed by atoms with E-state index in [4.69, 9.17) is 11.1 Å². The number of hydrogen-bond acceptors (Lipinski definition) is 2. The minimum absolute atomic E-state index is 0.830. The van der Waals surface area contributed by atoms with Crippen molar-refractivity contribution in [2.45, 2.75) is 0 Å². The minimum Gasteiger partial charge on any atom is -0.373 e. The molecule has 0 heterocycles. The van der Waals surface area contributed by atoms with Gasteiger partial charge in [-0.05, 0) is 5.56 Å². The lowest BCUT2D eigenvalue weighted by atomic mass is 10.2. The van der Waals surface area contributed by atoms with Crippen LogP contribution in [0, 0.1) is 0 Å². The molecule has 0 aromatic heterocycles. The Bertz CT molecular complexity index is 459. The predicted molar refractivity (Wildman–Crippen MR) is 54.9 cm³/mol. The maximum atomic E-state index is 10.0. The van der Waals surface area contributed by atoms with Crippen LogP contribution in [-0.4, -0.2) is 13.4 Å². The molecule has 5 nitrogen and oxygen atoms in total. The van der Waals surface area contributed by atoms with Gasteiger partial charge in [0.25, 0.3) is 10.3 Å². The fourth-order valence-corrected chi connectivity index (χ4v) is 0.898. The monoisotopic (exact) mass is 208 g/mol. The van der Waals surface area contributed by atoms with E-state index >= 15 is 0 Å². The average molecular weight is 208 g/mol. The topological polar surface area (TPSA) is 92.8 Å². The van der Waals surface area contributed by atoms with Gasteiger partial charge in [-0.2, -0.15) is 8.42 Å². The summed E-state index contributed by atoms with van der Waals surface area (Å²) in [4.78, 5) is 1.50. The molecule has 0 fully saturated rings. The molecule has 0 amide bonds. The summed E-state index contributed by atoms with van der Waals surface area (Å²) in [6, 6.07) is 9.15. The Morgan fingerprint density at radius 1 is 1.21 bits per heavy atom. The Kier molecular flexibility index (Phi) is 6.55. The zero-order valence-corrected chi connectivity index (χ0v) is 7.85. The summed E-state index contributed by atoms with van der Waals surface area (Å²) >= 11 is 0. The highest BCUT2D eigenvalue weighted by Gasteiger charge is 1.79. The lowest BCUT2D eigenvalue weighted by Gasteiger charge is -1.84. The van der Waals surface area contributed by atoms with Crippen LogP contribution in [0.15, 0.2) is 30.3 Å². The molecule has 0 saturated carbocycles. The highest BCUT2D eigenvalue weighted by molar-refractivity contribution is 7.71. The van der Waals surface area contributed by atoms with Gasteiger partial charge in [0.1, 0.15) is 0 Å². The van der Waals surface area contributed by atoms with E-state index in [0.29, 0.717) is 0 Å². The normalized spacial score (nSPS) is 7.14. The Morgan fingerprint density at radius 2 is 1.71 bits per heavy atom. The van der Waals surface area contributed by atoms with Crippen LogP contribution in [-0.2, 0) is 10.3 Å². The fourth-order valence-electron chi connectivity index (χ4n) is 0.665. The van der Waals surface area contributed by atoms with Crippen molar-refractivity contribution in [1.29, 1.82) is 0 Å². The van der Waals surface area contributed by atoms with Crippen molar-refractivity contribution in [2.24, 2.45) is 0 Å². The third-order valence-electron chi connectivity index (χ3n) is 1.12. The summed E-state index contributed by atoms with van der Waals surface area (Å²) in [5.41, 5.74) is 14.3. The van der Waals surface area contributed by atoms with Crippen LogP contribution in [0.25, 0.3) is 22.0 Å². The van der Waals surface area contributed by atoms with E-state index < -0.39 is 10.3 Å². The van der Waals surface area contributed by atoms with E-state index in [1.54, 1.807) is 12.1 Å². The zero-order valence-electron chi connectivity index (χ0n) is 7.03. The fraction of sp³-hybridized carbons (Fsp3) is 0. The van der Waals surface area contributed by atoms with Crippen molar-refractivity contribution in [2.75, 3.05) is 0 Å². The Hall–Kier alpha value is -2.00. The van der Waals surface area contributed by atoms with Gasteiger partial charge in [-0.3, -0.25) is 4.91 Å². The van der Waals surface area contributed by atoms with Crippen molar-refractivity contribution in [3.05, 3.63) is 51.9 Å². The lowest BCUT2D eigenvalue weighted by Crippen LogP contribution is -1.68. The first-order valence-electron chi connectivity index (χ1n) is 3.43. The van der Waals surface area contributed by atoms with Gasteiger partial charge in [0.2, 0.25) is 0 Å². The standard InChI is InChI=1S/C8H6O2S.N3/c9-11(10)7-6-8-4-2-1-3-5-8;1-3-2/h1-6H;/q;-1. The van der Waals surface area contributed by atoms with Gasteiger partial charge in [-0.15, -0.1) is 0 Å². The van der Waals surface area contributed by atoms with Crippen LogP contribution in [0.4, 0.5) is 0 Å². The van der Waals surface area contributed by atoms with Gasteiger partial charge >= 0.3 is 0 Å². The van der Waals surface area contributed by atoms with Gasteiger partial charge in [0.15, 0.2) is 0 Å². The average Bonchev–Trinajstić information content (AvgIpc) is 2.18. The minimum atomic E-state index is -2.22. The molecule has 0 spiro atoms. The molecular formula is C8H6N3O2S-. The summed E-state index contributed by atoms with van der Waals surface area (Å²) in [5.74, 6) is 0. The molecule has 0 aliphatic heterocycles. The first-order chi connectivity index (χ1) is 6.70. The van der Waals surface area contributed by atoms with E-state index in [1.807, 2.05) is 18.2 Å². The molecule has 0 unspecified atom stereocenters. The molecule has 0 radical (unpaired) electrons. The maximum Gasteiger partial charge on any atom is 0.260 e. The van der Waals surface area contributed by atoms with Crippen LogP contribution in [0.5, 0.6) is 0 Å². The first kappa shape index (κ1) is 12.0. The number of benzene rings is 1.